The van der Waals surface area contributed by atoms with Gasteiger partial charge < -0.3 is 10.6 Å². The van der Waals surface area contributed by atoms with E-state index in [1.54, 1.807) is 0 Å². The average molecular weight is 266 g/mol. The van der Waals surface area contributed by atoms with Gasteiger partial charge in [0.25, 0.3) is 0 Å². The van der Waals surface area contributed by atoms with E-state index in [4.69, 9.17) is 5.73 Å². The number of rotatable bonds is 4. The Morgan fingerprint density at radius 2 is 2.20 bits per heavy atom. The zero-order chi connectivity index (χ0) is 14.1. The van der Waals surface area contributed by atoms with Crippen molar-refractivity contribution in [1.82, 2.24) is 4.98 Å². The van der Waals surface area contributed by atoms with Crippen LogP contribution in [0, 0.1) is 17.2 Å². The number of fused-ring (bicyclic) bond motifs is 1. The van der Waals surface area contributed by atoms with Gasteiger partial charge in [0.05, 0.1) is 11.1 Å². The summed E-state index contributed by atoms with van der Waals surface area (Å²) < 4.78 is 0. The molecule has 1 saturated carbocycles. The number of nitrogens with zero attached hydrogens (tertiary/aromatic N) is 3. The van der Waals surface area contributed by atoms with E-state index in [-0.39, 0.29) is 6.04 Å². The smallest absolute Gasteiger partial charge is 0.147 e. The van der Waals surface area contributed by atoms with Crippen molar-refractivity contribution in [2.75, 3.05) is 18.5 Å². The van der Waals surface area contributed by atoms with Gasteiger partial charge in [-0.05, 0) is 30.9 Å². The predicted octanol–water partition coefficient (Wildman–Crippen LogP) is 2.28. The third kappa shape index (κ3) is 2.21. The molecule has 0 aliphatic heterocycles. The molecule has 2 N–H and O–H groups in total. The van der Waals surface area contributed by atoms with E-state index >= 15 is 0 Å². The zero-order valence-electron chi connectivity index (χ0n) is 11.6. The summed E-state index contributed by atoms with van der Waals surface area (Å²) in [6.07, 6.45) is 2.45. The second kappa shape index (κ2) is 5.10. The largest absolute Gasteiger partial charge is 0.354 e. The summed E-state index contributed by atoms with van der Waals surface area (Å²) in [6.45, 7) is 0.598. The van der Waals surface area contributed by atoms with Gasteiger partial charge in [0, 0.05) is 25.0 Å². The van der Waals surface area contributed by atoms with Crippen LogP contribution in [0.15, 0.2) is 30.3 Å². The monoisotopic (exact) mass is 266 g/mol. The maximum atomic E-state index is 9.39. The first-order valence-corrected chi connectivity index (χ1v) is 6.97. The van der Waals surface area contributed by atoms with Crippen LogP contribution in [0.5, 0.6) is 0 Å². The number of aromatic nitrogens is 1. The minimum atomic E-state index is 0.274. The quantitative estimate of drug-likeness (QED) is 0.922. The molecule has 1 fully saturated rings. The molecule has 1 heterocycles. The molecule has 102 valence electrons. The van der Waals surface area contributed by atoms with E-state index in [9.17, 15) is 5.26 Å². The highest BCUT2D eigenvalue weighted by molar-refractivity contribution is 5.83. The number of pyridine rings is 1. The molecule has 0 radical (unpaired) electrons. The van der Waals surface area contributed by atoms with Gasteiger partial charge in [-0.2, -0.15) is 5.26 Å². The molecule has 0 bridgehead atoms. The van der Waals surface area contributed by atoms with Crippen molar-refractivity contribution in [2.24, 2.45) is 11.7 Å². The Morgan fingerprint density at radius 1 is 1.45 bits per heavy atom. The molecule has 2 aromatic rings. The molecule has 1 unspecified atom stereocenters. The van der Waals surface area contributed by atoms with Gasteiger partial charge in [-0.1, -0.05) is 18.2 Å². The Bertz CT molecular complexity index is 670. The Hall–Kier alpha value is -2.12. The topological polar surface area (TPSA) is 65.9 Å². The number of nitriles is 1. The van der Waals surface area contributed by atoms with Crippen LogP contribution in [0.25, 0.3) is 10.9 Å². The van der Waals surface area contributed by atoms with Crippen LogP contribution in [0.3, 0.4) is 0 Å². The standard InChI is InChI=1S/C16H18N4/c1-20(15(10-18)11-6-7-11)16-13(9-17)8-12-4-2-3-5-14(12)19-16/h2-5,8,11,15H,6-7,10,18H2,1H3. The van der Waals surface area contributed by atoms with Gasteiger partial charge in [0.1, 0.15) is 11.9 Å². The van der Waals surface area contributed by atoms with E-state index in [2.05, 4.69) is 16.0 Å². The minimum Gasteiger partial charge on any atom is -0.354 e. The van der Waals surface area contributed by atoms with Crippen LogP contribution in [-0.2, 0) is 0 Å². The molecular weight excluding hydrogens is 248 g/mol. The van der Waals surface area contributed by atoms with Crippen molar-refractivity contribution in [3.8, 4) is 6.07 Å². The molecule has 1 aliphatic carbocycles. The Balaban J connectivity index is 2.07. The van der Waals surface area contributed by atoms with Crippen LogP contribution in [-0.4, -0.2) is 24.6 Å². The number of hydrogen-bond acceptors (Lipinski definition) is 4. The van der Waals surface area contributed by atoms with Crippen LogP contribution in [0.4, 0.5) is 5.82 Å². The average Bonchev–Trinajstić information content (AvgIpc) is 3.31. The molecule has 0 spiro atoms. The van der Waals surface area contributed by atoms with Crippen LogP contribution in [0.2, 0.25) is 0 Å². The molecule has 1 atom stereocenters. The second-order valence-electron chi connectivity index (χ2n) is 5.42. The van der Waals surface area contributed by atoms with E-state index in [1.165, 1.54) is 12.8 Å². The zero-order valence-corrected chi connectivity index (χ0v) is 11.6. The van der Waals surface area contributed by atoms with Crippen LogP contribution in [0.1, 0.15) is 18.4 Å². The Labute approximate surface area is 118 Å². The Kier molecular flexibility index (Phi) is 3.29. The maximum Gasteiger partial charge on any atom is 0.147 e. The molecule has 4 heteroatoms. The summed E-state index contributed by atoms with van der Waals surface area (Å²) in [5.41, 5.74) is 7.44. The SMILES string of the molecule is CN(c1nc2ccccc2cc1C#N)C(CN)C1CC1. The second-order valence-corrected chi connectivity index (χ2v) is 5.42. The highest BCUT2D eigenvalue weighted by atomic mass is 15.2. The molecule has 3 rings (SSSR count). The number of anilines is 1. The lowest BCUT2D eigenvalue weighted by Gasteiger charge is -2.29. The molecule has 4 nitrogen and oxygen atoms in total. The number of likely N-dealkylation sites (N-methyl/N-ethyl adjacent to an activating group) is 1. The summed E-state index contributed by atoms with van der Waals surface area (Å²) in [7, 11) is 1.99. The fourth-order valence-electron chi connectivity index (χ4n) is 2.76. The fourth-order valence-corrected chi connectivity index (χ4v) is 2.76. The number of benzene rings is 1. The van der Waals surface area contributed by atoms with Gasteiger partial charge in [-0.3, -0.25) is 0 Å². The molecule has 20 heavy (non-hydrogen) atoms. The van der Waals surface area contributed by atoms with E-state index in [1.807, 2.05) is 37.4 Å². The lowest BCUT2D eigenvalue weighted by atomic mass is 10.1. The molecular formula is C16H18N4. The van der Waals surface area contributed by atoms with Crippen molar-refractivity contribution in [3.05, 3.63) is 35.9 Å². The predicted molar refractivity (Wildman–Crippen MR) is 80.4 cm³/mol. The maximum absolute atomic E-state index is 9.39. The number of para-hydroxylation sites is 1. The summed E-state index contributed by atoms with van der Waals surface area (Å²) >= 11 is 0. The molecule has 1 aliphatic rings. The lowest BCUT2D eigenvalue weighted by molar-refractivity contribution is 0.566. The van der Waals surface area contributed by atoms with Gasteiger partial charge >= 0.3 is 0 Å². The van der Waals surface area contributed by atoms with E-state index in [0.29, 0.717) is 18.0 Å². The molecule has 0 amide bonds. The summed E-state index contributed by atoms with van der Waals surface area (Å²) in [5.74, 6) is 1.39. The molecule has 1 aromatic carbocycles. The van der Waals surface area contributed by atoms with Gasteiger partial charge in [0.15, 0.2) is 0 Å². The first-order chi connectivity index (χ1) is 9.74. The summed E-state index contributed by atoms with van der Waals surface area (Å²) in [4.78, 5) is 6.76. The highest BCUT2D eigenvalue weighted by Crippen LogP contribution is 2.36. The van der Waals surface area contributed by atoms with Crippen LogP contribution >= 0.6 is 0 Å². The van der Waals surface area contributed by atoms with Crippen molar-refractivity contribution < 1.29 is 0 Å². The van der Waals surface area contributed by atoms with Crippen molar-refractivity contribution in [1.29, 1.82) is 5.26 Å². The van der Waals surface area contributed by atoms with Crippen molar-refractivity contribution in [3.63, 3.8) is 0 Å². The first-order valence-electron chi connectivity index (χ1n) is 6.97. The van der Waals surface area contributed by atoms with Gasteiger partial charge in [-0.15, -0.1) is 0 Å². The summed E-state index contributed by atoms with van der Waals surface area (Å²) in [5, 5.41) is 10.4. The lowest BCUT2D eigenvalue weighted by Crippen LogP contribution is -2.40. The van der Waals surface area contributed by atoms with E-state index in [0.717, 1.165) is 16.7 Å². The van der Waals surface area contributed by atoms with Gasteiger partial charge in [0.2, 0.25) is 0 Å². The van der Waals surface area contributed by atoms with Crippen molar-refractivity contribution in [2.45, 2.75) is 18.9 Å². The number of hydrogen-bond donors (Lipinski definition) is 1. The minimum absolute atomic E-state index is 0.274. The normalized spacial score (nSPS) is 15.8. The molecule has 1 aromatic heterocycles. The summed E-state index contributed by atoms with van der Waals surface area (Å²) in [6, 6.07) is 12.3. The fraction of sp³-hybridized carbons (Fsp3) is 0.375. The molecule has 0 saturated heterocycles. The van der Waals surface area contributed by atoms with E-state index < -0.39 is 0 Å². The third-order valence-electron chi connectivity index (χ3n) is 4.06. The highest BCUT2D eigenvalue weighted by Gasteiger charge is 2.34. The van der Waals surface area contributed by atoms with Crippen molar-refractivity contribution >= 4 is 16.7 Å². The Morgan fingerprint density at radius 3 is 2.85 bits per heavy atom. The number of nitrogens with two attached hydrogens (primary N) is 1. The van der Waals surface area contributed by atoms with Gasteiger partial charge in [-0.25, -0.2) is 4.98 Å². The third-order valence-corrected chi connectivity index (χ3v) is 4.06. The first kappa shape index (κ1) is 12.9. The van der Waals surface area contributed by atoms with Crippen LogP contribution < -0.4 is 10.6 Å².